The van der Waals surface area contributed by atoms with Crippen molar-refractivity contribution in [1.29, 1.82) is 0 Å². The molecule has 0 spiro atoms. The van der Waals surface area contributed by atoms with Gasteiger partial charge in [-0.3, -0.25) is 19.6 Å². The Balaban J connectivity index is 0.000000199. The fourth-order valence-electron chi connectivity index (χ4n) is 10.9. The maximum Gasteiger partial charge on any atom is 0.281 e. The molecule has 8 bridgehead atoms. The van der Waals surface area contributed by atoms with Crippen LogP contribution >= 0.6 is 15.9 Å². The Bertz CT molecular complexity index is 3630. The summed E-state index contributed by atoms with van der Waals surface area (Å²) in [7, 11) is -8.50. The molecule has 4 N–H and O–H groups in total. The molecule has 6 aromatic heterocycles. The average Bonchev–Trinajstić information content (AvgIpc) is 3.25. The molecule has 436 valence electrons. The second-order valence-corrected chi connectivity index (χ2v) is 27.5. The number of nitrogens with one attached hydrogen (secondary N) is 4. The van der Waals surface area contributed by atoms with Gasteiger partial charge in [0.1, 0.15) is 33.6 Å². The Morgan fingerprint density at radius 2 is 1.07 bits per heavy atom. The second-order valence-electron chi connectivity index (χ2n) is 23.4. The van der Waals surface area contributed by atoms with Gasteiger partial charge in [0.15, 0.2) is 10.1 Å². The Hall–Kier alpha value is -7.46. The van der Waals surface area contributed by atoms with E-state index in [-0.39, 0.29) is 44.3 Å². The van der Waals surface area contributed by atoms with Crippen molar-refractivity contribution in [2.75, 3.05) is 33.5 Å². The zero-order valence-electron chi connectivity index (χ0n) is 48.2. The molecule has 2 amide bonds. The normalized spacial score (nSPS) is 21.1. The van der Waals surface area contributed by atoms with Gasteiger partial charge in [0, 0.05) is 49.4 Å². The van der Waals surface area contributed by atoms with Gasteiger partial charge in [-0.25, -0.2) is 29.4 Å². The molecule has 0 saturated carbocycles. The molecule has 4 aliphatic rings. The largest absolute Gasteiger partial charge is 0.362 e. The molecule has 4 atom stereocenters. The van der Waals surface area contributed by atoms with Crippen molar-refractivity contribution in [3.8, 4) is 24.2 Å². The standard InChI is InChI=1S/C31H36N6O3S.C25H27BrN6O3S.C6H10/c1-21(2)9-7-10-23-15-16-24-29(33-23)37-20-22(19-31(37,3)4)14-17-26(25-11-5-6-18-32-25)34-27-12-8-13-28(35-27)41(39,40)36-30(24)38;1-25(2)14-16-9-11-19(18-6-3-4-13-27-18)28-21-7-5-8-22(30-21)36(34,35)31-24(33)17-10-12-20(26)29-23(17)32(25)15-16;1-4-5-6(2)3/h5-6,8,11-13,15-16,18,21-22,26H,9,14,17,19-20H2,1-4H3,(H,34,35)(H,36,38);3-8,10,12-13,16,19H,9,11,14-15H2,1-2H3,(H,28,30)(H,31,33);1,6H,5H2,2-3H3/t22-,26+;16-,19+;/m00./s1. The fourth-order valence-corrected chi connectivity index (χ4v) is 13.0. The molecule has 2 fully saturated rings. The van der Waals surface area contributed by atoms with Crippen LogP contribution < -0.4 is 29.9 Å². The van der Waals surface area contributed by atoms with Crippen LogP contribution in [0.1, 0.15) is 157 Å². The van der Waals surface area contributed by atoms with Crippen molar-refractivity contribution in [1.82, 2.24) is 39.3 Å². The van der Waals surface area contributed by atoms with Gasteiger partial charge in [-0.05, 0) is 185 Å². The number of halogens is 1. The highest BCUT2D eigenvalue weighted by Gasteiger charge is 2.43. The van der Waals surface area contributed by atoms with Crippen molar-refractivity contribution in [3.05, 3.63) is 142 Å². The van der Waals surface area contributed by atoms with Crippen LogP contribution in [-0.2, 0) is 20.0 Å². The lowest BCUT2D eigenvalue weighted by Crippen LogP contribution is -2.41. The summed E-state index contributed by atoms with van der Waals surface area (Å²) in [5, 5.41) is 6.27. The van der Waals surface area contributed by atoms with Crippen LogP contribution in [0.2, 0.25) is 0 Å². The molecule has 21 heteroatoms. The summed E-state index contributed by atoms with van der Waals surface area (Å²) < 4.78 is 58.0. The molecule has 6 aromatic rings. The third kappa shape index (κ3) is 15.8. The van der Waals surface area contributed by atoms with Crippen LogP contribution in [0.15, 0.2) is 124 Å². The number of anilines is 4. The lowest BCUT2D eigenvalue weighted by molar-refractivity contribution is 0.0972. The third-order valence-corrected chi connectivity index (χ3v) is 17.7. The Labute approximate surface area is 497 Å². The molecule has 10 rings (SSSR count). The van der Waals surface area contributed by atoms with E-state index in [0.717, 1.165) is 62.8 Å². The summed E-state index contributed by atoms with van der Waals surface area (Å²) in [4.78, 5) is 58.3. The zero-order valence-corrected chi connectivity index (χ0v) is 51.4. The number of sulfonamides is 2. The maximum absolute atomic E-state index is 13.5. The van der Waals surface area contributed by atoms with Gasteiger partial charge in [0.2, 0.25) is 0 Å². The van der Waals surface area contributed by atoms with E-state index >= 15 is 0 Å². The molecule has 4 aliphatic heterocycles. The van der Waals surface area contributed by atoms with Crippen molar-refractivity contribution >= 4 is 71.1 Å². The number of carbonyl (C=O) groups is 2. The molecule has 0 unspecified atom stereocenters. The highest BCUT2D eigenvalue weighted by molar-refractivity contribution is 9.10. The molecule has 0 radical (unpaired) electrons. The van der Waals surface area contributed by atoms with E-state index in [4.69, 9.17) is 11.4 Å². The second kappa shape index (κ2) is 26.4. The number of hydrogen-bond donors (Lipinski definition) is 4. The molecular formula is C62H73BrN12O6S2. The third-order valence-electron chi connectivity index (χ3n) is 14.8. The number of rotatable bonds is 4. The molecule has 10 heterocycles. The van der Waals surface area contributed by atoms with Crippen LogP contribution in [0.4, 0.5) is 23.3 Å². The highest BCUT2D eigenvalue weighted by Crippen LogP contribution is 2.43. The van der Waals surface area contributed by atoms with E-state index in [1.165, 1.54) is 12.1 Å². The number of pyridine rings is 6. The summed E-state index contributed by atoms with van der Waals surface area (Å²) in [6.45, 7) is 18.3. The molecule has 18 nitrogen and oxygen atoms in total. The van der Waals surface area contributed by atoms with Gasteiger partial charge in [0.05, 0.1) is 34.6 Å². The summed E-state index contributed by atoms with van der Waals surface area (Å²) in [5.41, 5.74) is 2.06. The molecule has 2 saturated heterocycles. The van der Waals surface area contributed by atoms with E-state index < -0.39 is 31.9 Å². The summed E-state index contributed by atoms with van der Waals surface area (Å²) >= 11 is 3.41. The van der Waals surface area contributed by atoms with Gasteiger partial charge in [-0.15, -0.1) is 12.3 Å². The van der Waals surface area contributed by atoms with Crippen molar-refractivity contribution in [2.45, 2.75) is 140 Å². The van der Waals surface area contributed by atoms with Crippen molar-refractivity contribution in [3.63, 3.8) is 0 Å². The van der Waals surface area contributed by atoms with E-state index in [9.17, 15) is 26.4 Å². The number of terminal acetylenes is 1. The molecular weight excluding hydrogens is 1150 g/mol. The number of aromatic nitrogens is 6. The molecule has 0 aliphatic carbocycles. The lowest BCUT2D eigenvalue weighted by atomic mass is 9.91. The van der Waals surface area contributed by atoms with Gasteiger partial charge in [-0.1, -0.05) is 57.9 Å². The Kier molecular flexibility index (Phi) is 19.6. The first-order valence-corrected chi connectivity index (χ1v) is 31.8. The number of carbonyl (C=O) groups excluding carboxylic acids is 2. The van der Waals surface area contributed by atoms with Crippen LogP contribution in [-0.4, -0.2) is 82.7 Å². The van der Waals surface area contributed by atoms with E-state index in [1.807, 2.05) is 36.4 Å². The first kappa shape index (κ1) is 61.6. The van der Waals surface area contributed by atoms with Crippen LogP contribution in [0.5, 0.6) is 0 Å². The summed E-state index contributed by atoms with van der Waals surface area (Å²) in [6, 6.07) is 27.1. The number of hydrogen-bond acceptors (Lipinski definition) is 16. The molecule has 0 aromatic carbocycles. The predicted molar refractivity (Wildman–Crippen MR) is 327 cm³/mol. The van der Waals surface area contributed by atoms with E-state index in [2.05, 4.69) is 144 Å². The average molecular weight is 1230 g/mol. The number of amides is 2. The topological polar surface area (TPSA) is 234 Å². The summed E-state index contributed by atoms with van der Waals surface area (Å²) in [5.74, 6) is 10.8. The summed E-state index contributed by atoms with van der Waals surface area (Å²) in [6.07, 6.45) is 15.2. The van der Waals surface area contributed by atoms with Crippen LogP contribution in [0.3, 0.4) is 0 Å². The van der Waals surface area contributed by atoms with Crippen LogP contribution in [0, 0.1) is 47.9 Å². The minimum Gasteiger partial charge on any atom is -0.362 e. The Morgan fingerprint density at radius 3 is 1.51 bits per heavy atom. The predicted octanol–water partition coefficient (Wildman–Crippen LogP) is 10.9. The lowest BCUT2D eigenvalue weighted by Gasteiger charge is -2.33. The quantitative estimate of drug-likeness (QED) is 0.0949. The van der Waals surface area contributed by atoms with Gasteiger partial charge < -0.3 is 20.4 Å². The Morgan fingerprint density at radius 1 is 0.602 bits per heavy atom. The van der Waals surface area contributed by atoms with Crippen molar-refractivity contribution < 1.29 is 26.4 Å². The van der Waals surface area contributed by atoms with Crippen molar-refractivity contribution in [2.24, 2.45) is 23.7 Å². The van der Waals surface area contributed by atoms with Crippen LogP contribution in [0.25, 0.3) is 0 Å². The number of nitrogens with zero attached hydrogens (tertiary/aromatic N) is 8. The SMILES string of the molecule is C#CCC(C)C.CC(C)CC#Cc1ccc2c(n1)N1C[C@@H](CC[C@H](c3ccccn3)Nc3cccc(n3)S(=O)(=O)NC2=O)CC1(C)C.CC1(C)C[C@@H]2CC[C@H](c3ccccn3)Nc3cccc(n3)S(=O)(=O)NC(=O)c3ccc(Br)nc3N1C2. The molecule has 83 heavy (non-hydrogen) atoms. The monoisotopic (exact) mass is 1220 g/mol. The zero-order chi connectivity index (χ0) is 59.7. The first-order valence-electron chi connectivity index (χ1n) is 28.0. The fraction of sp³-hybridized carbons (Fsp3) is 0.419. The minimum atomic E-state index is -4.27. The van der Waals surface area contributed by atoms with Gasteiger partial charge >= 0.3 is 0 Å². The number of fused-ring (bicyclic) bond motifs is 12. The van der Waals surface area contributed by atoms with E-state index in [1.54, 1.807) is 60.9 Å². The minimum absolute atomic E-state index is 0.159. The van der Waals surface area contributed by atoms with Gasteiger partial charge in [-0.2, -0.15) is 16.8 Å². The maximum atomic E-state index is 13.5. The van der Waals surface area contributed by atoms with E-state index in [0.29, 0.717) is 70.3 Å². The smallest absolute Gasteiger partial charge is 0.281 e. The first-order chi connectivity index (χ1) is 39.4. The highest BCUT2D eigenvalue weighted by atomic mass is 79.9. The van der Waals surface area contributed by atoms with Gasteiger partial charge in [0.25, 0.3) is 31.9 Å².